The summed E-state index contributed by atoms with van der Waals surface area (Å²) in [5.74, 6) is -0.0238. The topological polar surface area (TPSA) is 65.1 Å². The lowest BCUT2D eigenvalue weighted by atomic mass is 10.0. The van der Waals surface area contributed by atoms with Gasteiger partial charge in [-0.05, 0) is 5.92 Å². The number of hydrogen-bond acceptors (Lipinski definition) is 3. The van der Waals surface area contributed by atoms with Gasteiger partial charge in [-0.1, -0.05) is 13.8 Å². The molecule has 0 N–H and O–H groups in total. The van der Waals surface area contributed by atoms with E-state index >= 15 is 0 Å². The lowest BCUT2D eigenvalue weighted by Gasteiger charge is -2.06. The van der Waals surface area contributed by atoms with E-state index in [1.807, 2.05) is 13.8 Å². The molecule has 5 heteroatoms. The molecule has 0 aliphatic heterocycles. The van der Waals surface area contributed by atoms with Gasteiger partial charge in [-0.25, -0.2) is 0 Å². The normalized spacial score (nSPS) is 10.6. The van der Waals surface area contributed by atoms with Crippen LogP contribution in [0.2, 0.25) is 0 Å². The minimum Gasteiger partial charge on any atom is -0.312 e. The Bertz CT molecular complexity index is 421. The molecular weight excluding hydrogens is 184 g/mol. The highest BCUT2D eigenvalue weighted by molar-refractivity contribution is 5.39. The number of rotatable bonds is 2. The third-order valence-electron chi connectivity index (χ3n) is 2.06. The Labute approximate surface area is 81.1 Å². The van der Waals surface area contributed by atoms with E-state index in [0.717, 1.165) is 0 Å². The van der Waals surface area contributed by atoms with Gasteiger partial charge >= 0.3 is 0 Å². The average Bonchev–Trinajstić information content (AvgIpc) is 2.08. The molecule has 0 aliphatic carbocycles. The standard InChI is InChI=1S/C9H12N2O3/c1-6(2)7-4-9(12)10(3)5-8(7)11(13)14/h4-6H,1-3H3. The molecule has 0 atom stereocenters. The first-order chi connectivity index (χ1) is 6.43. The highest BCUT2D eigenvalue weighted by Crippen LogP contribution is 2.23. The second-order valence-corrected chi connectivity index (χ2v) is 3.47. The molecule has 5 nitrogen and oxygen atoms in total. The van der Waals surface area contributed by atoms with Gasteiger partial charge in [-0.3, -0.25) is 14.9 Å². The fraction of sp³-hybridized carbons (Fsp3) is 0.444. The summed E-state index contributed by atoms with van der Waals surface area (Å²) in [6.07, 6.45) is 1.26. The van der Waals surface area contributed by atoms with Crippen LogP contribution < -0.4 is 5.56 Å². The zero-order chi connectivity index (χ0) is 10.9. The van der Waals surface area contributed by atoms with E-state index < -0.39 is 4.92 Å². The lowest BCUT2D eigenvalue weighted by molar-refractivity contribution is -0.386. The zero-order valence-electron chi connectivity index (χ0n) is 8.35. The minimum absolute atomic E-state index is 0.00194. The predicted molar refractivity (Wildman–Crippen MR) is 52.4 cm³/mol. The summed E-state index contributed by atoms with van der Waals surface area (Å²) in [7, 11) is 1.50. The Hall–Kier alpha value is -1.65. The van der Waals surface area contributed by atoms with Crippen molar-refractivity contribution in [2.45, 2.75) is 19.8 Å². The van der Waals surface area contributed by atoms with E-state index in [0.29, 0.717) is 5.56 Å². The van der Waals surface area contributed by atoms with Gasteiger partial charge in [0.2, 0.25) is 0 Å². The quantitative estimate of drug-likeness (QED) is 0.530. The first kappa shape index (κ1) is 10.4. The molecule has 0 aromatic carbocycles. The predicted octanol–water partition coefficient (Wildman–Crippen LogP) is 1.42. The van der Waals surface area contributed by atoms with Gasteiger partial charge in [-0.2, -0.15) is 0 Å². The molecule has 0 unspecified atom stereocenters. The zero-order valence-corrected chi connectivity index (χ0v) is 8.35. The van der Waals surface area contributed by atoms with Crippen molar-refractivity contribution in [3.05, 3.63) is 38.3 Å². The molecule has 1 heterocycles. The maximum absolute atomic E-state index is 11.3. The van der Waals surface area contributed by atoms with Crippen molar-refractivity contribution in [1.82, 2.24) is 4.57 Å². The molecule has 76 valence electrons. The summed E-state index contributed by atoms with van der Waals surface area (Å²) < 4.78 is 1.21. The van der Waals surface area contributed by atoms with Gasteiger partial charge < -0.3 is 4.57 Å². The summed E-state index contributed by atoms with van der Waals surface area (Å²) in [6, 6.07) is 1.32. The third-order valence-corrected chi connectivity index (χ3v) is 2.06. The van der Waals surface area contributed by atoms with Crippen LogP contribution in [0.5, 0.6) is 0 Å². The fourth-order valence-electron chi connectivity index (χ4n) is 1.25. The third kappa shape index (κ3) is 1.81. The van der Waals surface area contributed by atoms with E-state index in [1.54, 1.807) is 0 Å². The summed E-state index contributed by atoms with van der Waals surface area (Å²) >= 11 is 0. The Morgan fingerprint density at radius 2 is 2.07 bits per heavy atom. The van der Waals surface area contributed by atoms with Crippen LogP contribution in [0.1, 0.15) is 25.3 Å². The average molecular weight is 196 g/mol. The minimum atomic E-state index is -0.464. The van der Waals surface area contributed by atoms with Crippen molar-refractivity contribution in [2.75, 3.05) is 0 Å². The van der Waals surface area contributed by atoms with Crippen LogP contribution in [-0.4, -0.2) is 9.49 Å². The van der Waals surface area contributed by atoms with Crippen LogP contribution in [0, 0.1) is 10.1 Å². The number of nitro groups is 1. The molecule has 0 amide bonds. The first-order valence-corrected chi connectivity index (χ1v) is 4.28. The number of aryl methyl sites for hydroxylation is 1. The van der Waals surface area contributed by atoms with Crippen molar-refractivity contribution >= 4 is 5.69 Å². The van der Waals surface area contributed by atoms with Crippen LogP contribution in [0.25, 0.3) is 0 Å². The van der Waals surface area contributed by atoms with Crippen LogP contribution in [0.4, 0.5) is 5.69 Å². The van der Waals surface area contributed by atoms with E-state index in [2.05, 4.69) is 0 Å². The van der Waals surface area contributed by atoms with Crippen LogP contribution in [-0.2, 0) is 7.05 Å². The number of pyridine rings is 1. The number of nitrogens with zero attached hydrogens (tertiary/aromatic N) is 2. The maximum atomic E-state index is 11.3. The number of aromatic nitrogens is 1. The maximum Gasteiger partial charge on any atom is 0.289 e. The van der Waals surface area contributed by atoms with Crippen molar-refractivity contribution in [3.8, 4) is 0 Å². The molecular formula is C9H12N2O3. The van der Waals surface area contributed by atoms with E-state index in [4.69, 9.17) is 0 Å². The molecule has 0 spiro atoms. The SMILES string of the molecule is CC(C)c1cc(=O)n(C)cc1[N+](=O)[O-]. The Morgan fingerprint density at radius 1 is 1.50 bits per heavy atom. The van der Waals surface area contributed by atoms with Crippen molar-refractivity contribution in [2.24, 2.45) is 7.05 Å². The molecule has 0 bridgehead atoms. The van der Waals surface area contributed by atoms with Gasteiger partial charge in [-0.15, -0.1) is 0 Å². The summed E-state index contributed by atoms with van der Waals surface area (Å²) in [4.78, 5) is 21.5. The van der Waals surface area contributed by atoms with E-state index in [1.165, 1.54) is 23.9 Å². The van der Waals surface area contributed by atoms with Gasteiger partial charge in [0, 0.05) is 18.7 Å². The highest BCUT2D eigenvalue weighted by atomic mass is 16.6. The highest BCUT2D eigenvalue weighted by Gasteiger charge is 2.17. The number of hydrogen-bond donors (Lipinski definition) is 0. The second-order valence-electron chi connectivity index (χ2n) is 3.47. The van der Waals surface area contributed by atoms with Gasteiger partial charge in [0.05, 0.1) is 11.1 Å². The van der Waals surface area contributed by atoms with Crippen LogP contribution in [0.3, 0.4) is 0 Å². The van der Waals surface area contributed by atoms with Crippen LogP contribution in [0.15, 0.2) is 17.1 Å². The molecule has 14 heavy (non-hydrogen) atoms. The van der Waals surface area contributed by atoms with Crippen molar-refractivity contribution in [3.63, 3.8) is 0 Å². The summed E-state index contributed by atoms with van der Waals surface area (Å²) in [6.45, 7) is 3.64. The molecule has 0 radical (unpaired) electrons. The molecule has 0 aliphatic rings. The van der Waals surface area contributed by atoms with Gasteiger partial charge in [0.1, 0.15) is 0 Å². The first-order valence-electron chi connectivity index (χ1n) is 4.28. The molecule has 1 rings (SSSR count). The smallest absolute Gasteiger partial charge is 0.289 e. The monoisotopic (exact) mass is 196 g/mol. The second kappa shape index (κ2) is 3.61. The largest absolute Gasteiger partial charge is 0.312 e. The van der Waals surface area contributed by atoms with Gasteiger partial charge in [0.15, 0.2) is 0 Å². The van der Waals surface area contributed by atoms with Gasteiger partial charge in [0.25, 0.3) is 11.2 Å². The summed E-state index contributed by atoms with van der Waals surface area (Å²) in [5, 5.41) is 10.7. The molecule has 1 aromatic rings. The molecule has 1 aromatic heterocycles. The Balaban J connectivity index is 3.47. The van der Waals surface area contributed by atoms with Crippen molar-refractivity contribution < 1.29 is 4.92 Å². The Morgan fingerprint density at radius 3 is 2.50 bits per heavy atom. The lowest BCUT2D eigenvalue weighted by Crippen LogP contribution is -2.17. The van der Waals surface area contributed by atoms with E-state index in [-0.39, 0.29) is 17.2 Å². The van der Waals surface area contributed by atoms with Crippen LogP contribution >= 0.6 is 0 Å². The fourth-order valence-corrected chi connectivity index (χ4v) is 1.25. The molecule has 0 saturated heterocycles. The molecule has 0 saturated carbocycles. The van der Waals surface area contributed by atoms with E-state index in [9.17, 15) is 14.9 Å². The molecule has 0 fully saturated rings. The van der Waals surface area contributed by atoms with Crippen molar-refractivity contribution in [1.29, 1.82) is 0 Å². The summed E-state index contributed by atoms with van der Waals surface area (Å²) in [5.41, 5.74) is 0.263. The Kier molecular flexibility index (Phi) is 2.69.